The maximum atomic E-state index is 12.8. The summed E-state index contributed by atoms with van der Waals surface area (Å²) in [5.74, 6) is -0.381. The van der Waals surface area contributed by atoms with Crippen LogP contribution >= 0.6 is 0 Å². The molecule has 1 heterocycles. The number of fused-ring (bicyclic) bond motifs is 3. The number of rotatable bonds is 3. The molecule has 1 aromatic rings. The standard InChI is InChI=1S/C21H25NO4/c1-13(20(24)22-10-9-14-5-2-3-8-18(14)22)26-21(25)17-11-15-6-4-7-16(12-17)19(15)23/h2-3,5,8,13,15-17H,4,6-7,9-12H2,1H3/t13-,15-,16+,17?/m0/s1. The van der Waals surface area contributed by atoms with E-state index < -0.39 is 6.10 Å². The second-order valence-corrected chi connectivity index (χ2v) is 7.84. The average molecular weight is 355 g/mol. The fraction of sp³-hybridized carbons (Fsp3) is 0.571. The topological polar surface area (TPSA) is 63.7 Å². The van der Waals surface area contributed by atoms with Crippen molar-refractivity contribution in [3.63, 3.8) is 0 Å². The van der Waals surface area contributed by atoms with Crippen LogP contribution in [0.25, 0.3) is 0 Å². The van der Waals surface area contributed by atoms with Crippen LogP contribution in [-0.4, -0.2) is 30.3 Å². The Kier molecular flexibility index (Phi) is 4.55. The SMILES string of the molecule is C[C@H](OC(=O)C1C[C@H]2CCC[C@@H](C1)C2=O)C(=O)N1CCc2ccccc21. The third-order valence-electron chi connectivity index (χ3n) is 6.18. The molecule has 4 rings (SSSR count). The number of carbonyl (C=O) groups excluding carboxylic acids is 3. The van der Waals surface area contributed by atoms with E-state index in [4.69, 9.17) is 4.74 Å². The van der Waals surface area contributed by atoms with E-state index >= 15 is 0 Å². The Morgan fingerprint density at radius 3 is 2.58 bits per heavy atom. The number of nitrogens with zero attached hydrogens (tertiary/aromatic N) is 1. The van der Waals surface area contributed by atoms with Gasteiger partial charge in [-0.25, -0.2) is 0 Å². The van der Waals surface area contributed by atoms with E-state index in [9.17, 15) is 14.4 Å². The summed E-state index contributed by atoms with van der Waals surface area (Å²) in [6.45, 7) is 2.28. The number of ether oxygens (including phenoxy) is 1. The molecule has 3 aliphatic rings. The van der Waals surface area contributed by atoms with Gasteiger partial charge in [0.15, 0.2) is 6.10 Å². The number of carbonyl (C=O) groups is 3. The Hall–Kier alpha value is -2.17. The van der Waals surface area contributed by atoms with Gasteiger partial charge < -0.3 is 9.64 Å². The number of esters is 1. The first kappa shape index (κ1) is 17.3. The molecule has 0 N–H and O–H groups in total. The second-order valence-electron chi connectivity index (χ2n) is 7.84. The molecule has 2 bridgehead atoms. The summed E-state index contributed by atoms with van der Waals surface area (Å²) >= 11 is 0. The zero-order valence-corrected chi connectivity index (χ0v) is 15.1. The number of benzene rings is 1. The van der Waals surface area contributed by atoms with Gasteiger partial charge in [0.25, 0.3) is 5.91 Å². The van der Waals surface area contributed by atoms with Crippen LogP contribution in [0, 0.1) is 17.8 Å². The lowest BCUT2D eigenvalue weighted by Gasteiger charge is -2.36. The molecule has 0 spiro atoms. The lowest BCUT2D eigenvalue weighted by Crippen LogP contribution is -2.43. The molecule has 2 fully saturated rings. The Labute approximate surface area is 153 Å². The number of Topliss-reactive ketones (excluding diaryl/α,β-unsaturated/α-hetero) is 1. The monoisotopic (exact) mass is 355 g/mol. The lowest BCUT2D eigenvalue weighted by molar-refractivity contribution is -0.161. The second kappa shape index (κ2) is 6.86. The van der Waals surface area contributed by atoms with Crippen molar-refractivity contribution in [3.8, 4) is 0 Å². The Morgan fingerprint density at radius 2 is 1.85 bits per heavy atom. The van der Waals surface area contributed by atoms with Gasteiger partial charge in [0.05, 0.1) is 5.92 Å². The number of amides is 1. The summed E-state index contributed by atoms with van der Waals surface area (Å²) in [7, 11) is 0. The zero-order chi connectivity index (χ0) is 18.3. The molecule has 0 aromatic heterocycles. The minimum absolute atomic E-state index is 0.0107. The number of hydrogen-bond acceptors (Lipinski definition) is 4. The van der Waals surface area contributed by atoms with E-state index in [-0.39, 0.29) is 29.6 Å². The Morgan fingerprint density at radius 1 is 1.15 bits per heavy atom. The summed E-state index contributed by atoms with van der Waals surface area (Å²) in [4.78, 5) is 39.3. The van der Waals surface area contributed by atoms with Crippen molar-refractivity contribution in [2.75, 3.05) is 11.4 Å². The highest BCUT2D eigenvalue weighted by Crippen LogP contribution is 2.40. The summed E-state index contributed by atoms with van der Waals surface area (Å²) in [5, 5.41) is 0. The van der Waals surface area contributed by atoms with Gasteiger partial charge in [-0.1, -0.05) is 24.6 Å². The van der Waals surface area contributed by atoms with Crippen LogP contribution in [-0.2, 0) is 25.5 Å². The summed E-state index contributed by atoms with van der Waals surface area (Å²) in [6.07, 6.45) is 4.05. The van der Waals surface area contributed by atoms with E-state index in [1.54, 1.807) is 11.8 Å². The fourth-order valence-corrected chi connectivity index (χ4v) is 4.78. The largest absolute Gasteiger partial charge is 0.452 e. The van der Waals surface area contributed by atoms with Gasteiger partial charge in [-0.05, 0) is 50.7 Å². The molecule has 1 aromatic carbocycles. The van der Waals surface area contributed by atoms with Crippen LogP contribution < -0.4 is 4.90 Å². The first-order valence-electron chi connectivity index (χ1n) is 9.68. The fourth-order valence-electron chi connectivity index (χ4n) is 4.78. The van der Waals surface area contributed by atoms with Crippen molar-refractivity contribution in [1.82, 2.24) is 0 Å². The summed E-state index contributed by atoms with van der Waals surface area (Å²) < 4.78 is 5.54. The molecule has 0 radical (unpaired) electrons. The van der Waals surface area contributed by atoms with Crippen molar-refractivity contribution in [3.05, 3.63) is 29.8 Å². The van der Waals surface area contributed by atoms with Crippen LogP contribution in [0.15, 0.2) is 24.3 Å². The van der Waals surface area contributed by atoms with Gasteiger partial charge in [0, 0.05) is 24.1 Å². The van der Waals surface area contributed by atoms with Gasteiger partial charge in [-0.3, -0.25) is 14.4 Å². The van der Waals surface area contributed by atoms with Gasteiger partial charge >= 0.3 is 5.97 Å². The minimum atomic E-state index is -0.800. The van der Waals surface area contributed by atoms with Gasteiger partial charge in [0.1, 0.15) is 5.78 Å². The molecule has 0 saturated heterocycles. The molecule has 4 atom stereocenters. The molecule has 1 aliphatic heterocycles. The molecule has 5 heteroatoms. The highest BCUT2D eigenvalue weighted by atomic mass is 16.5. The molecule has 26 heavy (non-hydrogen) atoms. The third-order valence-corrected chi connectivity index (χ3v) is 6.18. The highest BCUT2D eigenvalue weighted by molar-refractivity contribution is 5.99. The van der Waals surface area contributed by atoms with Crippen molar-refractivity contribution >= 4 is 23.3 Å². The van der Waals surface area contributed by atoms with E-state index in [0.717, 1.165) is 36.9 Å². The van der Waals surface area contributed by atoms with E-state index in [0.29, 0.717) is 25.2 Å². The normalized spacial score (nSPS) is 28.4. The molecule has 2 saturated carbocycles. The predicted molar refractivity (Wildman–Crippen MR) is 96.6 cm³/mol. The summed E-state index contributed by atoms with van der Waals surface area (Å²) in [5.41, 5.74) is 2.07. The Bertz CT molecular complexity index is 727. The van der Waals surface area contributed by atoms with Crippen molar-refractivity contribution in [1.29, 1.82) is 0 Å². The maximum Gasteiger partial charge on any atom is 0.309 e. The molecule has 5 nitrogen and oxygen atoms in total. The molecule has 138 valence electrons. The first-order chi connectivity index (χ1) is 12.5. The zero-order valence-electron chi connectivity index (χ0n) is 15.1. The lowest BCUT2D eigenvalue weighted by atomic mass is 9.67. The van der Waals surface area contributed by atoms with Crippen molar-refractivity contribution in [2.45, 2.75) is 51.6 Å². The van der Waals surface area contributed by atoms with Gasteiger partial charge in [-0.2, -0.15) is 0 Å². The third kappa shape index (κ3) is 3.04. The molecule has 2 aliphatic carbocycles. The smallest absolute Gasteiger partial charge is 0.309 e. The van der Waals surface area contributed by atoms with Crippen LogP contribution in [0.4, 0.5) is 5.69 Å². The minimum Gasteiger partial charge on any atom is -0.452 e. The Balaban J connectivity index is 1.39. The van der Waals surface area contributed by atoms with Gasteiger partial charge in [0.2, 0.25) is 0 Å². The molecule has 1 amide bonds. The maximum absolute atomic E-state index is 12.8. The van der Waals surface area contributed by atoms with E-state index in [1.807, 2.05) is 24.3 Å². The number of para-hydroxylation sites is 1. The van der Waals surface area contributed by atoms with E-state index in [2.05, 4.69) is 0 Å². The van der Waals surface area contributed by atoms with Crippen LogP contribution in [0.1, 0.15) is 44.6 Å². The van der Waals surface area contributed by atoms with Gasteiger partial charge in [-0.15, -0.1) is 0 Å². The number of anilines is 1. The van der Waals surface area contributed by atoms with Crippen LogP contribution in [0.2, 0.25) is 0 Å². The predicted octanol–water partition coefficient (Wildman–Crippen LogP) is 2.90. The van der Waals surface area contributed by atoms with Crippen LogP contribution in [0.5, 0.6) is 0 Å². The molecule has 1 unspecified atom stereocenters. The summed E-state index contributed by atoms with van der Waals surface area (Å²) in [6, 6.07) is 7.84. The van der Waals surface area contributed by atoms with Crippen LogP contribution in [0.3, 0.4) is 0 Å². The van der Waals surface area contributed by atoms with Crippen molar-refractivity contribution < 1.29 is 19.1 Å². The van der Waals surface area contributed by atoms with Crippen molar-refractivity contribution in [2.24, 2.45) is 17.8 Å². The molecular formula is C21H25NO4. The molecular weight excluding hydrogens is 330 g/mol. The highest BCUT2D eigenvalue weighted by Gasteiger charge is 2.42. The number of ketones is 1. The quantitative estimate of drug-likeness (QED) is 0.782. The van der Waals surface area contributed by atoms with E-state index in [1.165, 1.54) is 0 Å². The average Bonchev–Trinajstić information content (AvgIpc) is 3.04. The number of hydrogen-bond donors (Lipinski definition) is 0. The first-order valence-corrected chi connectivity index (χ1v) is 9.68.